The molecule has 0 atom stereocenters. The van der Waals surface area contributed by atoms with Crippen molar-refractivity contribution in [1.29, 1.82) is 5.26 Å². The highest BCUT2D eigenvalue weighted by Crippen LogP contribution is 2.24. The Balaban J connectivity index is 2.03. The standard InChI is InChI=1S/C15H12N2O5/c16-9-1-2-10-21-15(18)14-8-7-13(22-14)11-3-5-12(6-4-11)17(19)20/h3-8H,1-2,10H2. The Hall–Kier alpha value is -3.14. The van der Waals surface area contributed by atoms with E-state index in [2.05, 4.69) is 0 Å². The molecular formula is C15H12N2O5. The van der Waals surface area contributed by atoms with Crippen LogP contribution in [0.2, 0.25) is 0 Å². The van der Waals surface area contributed by atoms with Gasteiger partial charge < -0.3 is 9.15 Å². The maximum Gasteiger partial charge on any atom is 0.374 e. The Morgan fingerprint density at radius 3 is 2.64 bits per heavy atom. The third-order valence-electron chi connectivity index (χ3n) is 2.84. The Morgan fingerprint density at radius 1 is 1.27 bits per heavy atom. The molecule has 0 aliphatic heterocycles. The zero-order valence-corrected chi connectivity index (χ0v) is 11.5. The molecule has 0 saturated heterocycles. The highest BCUT2D eigenvalue weighted by Gasteiger charge is 2.14. The van der Waals surface area contributed by atoms with Gasteiger partial charge in [-0.25, -0.2) is 4.79 Å². The van der Waals surface area contributed by atoms with Gasteiger partial charge in [-0.3, -0.25) is 10.1 Å². The molecular weight excluding hydrogens is 288 g/mol. The van der Waals surface area contributed by atoms with Gasteiger partial charge in [-0.05, 0) is 30.7 Å². The minimum atomic E-state index is -0.605. The molecule has 112 valence electrons. The van der Waals surface area contributed by atoms with Crippen LogP contribution in [-0.2, 0) is 4.74 Å². The van der Waals surface area contributed by atoms with Gasteiger partial charge in [0, 0.05) is 24.1 Å². The van der Waals surface area contributed by atoms with Gasteiger partial charge in [0.15, 0.2) is 0 Å². The van der Waals surface area contributed by atoms with E-state index in [-0.39, 0.29) is 18.1 Å². The summed E-state index contributed by atoms with van der Waals surface area (Å²) in [7, 11) is 0. The third kappa shape index (κ3) is 3.70. The van der Waals surface area contributed by atoms with Crippen LogP contribution >= 0.6 is 0 Å². The molecule has 1 aromatic carbocycles. The lowest BCUT2D eigenvalue weighted by atomic mass is 10.1. The van der Waals surface area contributed by atoms with E-state index < -0.39 is 10.9 Å². The fourth-order valence-electron chi connectivity index (χ4n) is 1.74. The second kappa shape index (κ2) is 7.04. The number of unbranched alkanes of at least 4 members (excludes halogenated alkanes) is 1. The molecule has 0 saturated carbocycles. The van der Waals surface area contributed by atoms with Crippen LogP contribution in [0.3, 0.4) is 0 Å². The quantitative estimate of drug-likeness (QED) is 0.350. The summed E-state index contributed by atoms with van der Waals surface area (Å²) in [4.78, 5) is 21.8. The first-order chi connectivity index (χ1) is 10.6. The average Bonchev–Trinajstić information content (AvgIpc) is 3.01. The Morgan fingerprint density at radius 2 is 2.00 bits per heavy atom. The van der Waals surface area contributed by atoms with Crippen LogP contribution in [-0.4, -0.2) is 17.5 Å². The molecule has 0 spiro atoms. The maximum atomic E-state index is 11.7. The van der Waals surface area contributed by atoms with Crippen molar-refractivity contribution in [2.45, 2.75) is 12.8 Å². The van der Waals surface area contributed by atoms with Gasteiger partial charge in [-0.2, -0.15) is 5.26 Å². The van der Waals surface area contributed by atoms with Crippen molar-refractivity contribution in [2.75, 3.05) is 6.61 Å². The minimum Gasteiger partial charge on any atom is -0.460 e. The highest BCUT2D eigenvalue weighted by atomic mass is 16.6. The smallest absolute Gasteiger partial charge is 0.374 e. The summed E-state index contributed by atoms with van der Waals surface area (Å²) in [5, 5.41) is 19.0. The lowest BCUT2D eigenvalue weighted by Gasteiger charge is -2.00. The van der Waals surface area contributed by atoms with Crippen molar-refractivity contribution in [3.05, 3.63) is 52.3 Å². The van der Waals surface area contributed by atoms with Gasteiger partial charge in [0.05, 0.1) is 17.6 Å². The summed E-state index contributed by atoms with van der Waals surface area (Å²) in [6, 6.07) is 10.8. The zero-order valence-electron chi connectivity index (χ0n) is 11.5. The summed E-state index contributed by atoms with van der Waals surface area (Å²) in [5.74, 6) is -0.143. The van der Waals surface area contributed by atoms with Gasteiger partial charge in [0.2, 0.25) is 5.76 Å². The number of hydrogen-bond donors (Lipinski definition) is 0. The van der Waals surface area contributed by atoms with Gasteiger partial charge in [-0.15, -0.1) is 0 Å². The summed E-state index contributed by atoms with van der Waals surface area (Å²) in [5.41, 5.74) is 0.599. The van der Waals surface area contributed by atoms with Crippen LogP contribution in [0, 0.1) is 21.4 Å². The van der Waals surface area contributed by atoms with Crippen LogP contribution in [0.25, 0.3) is 11.3 Å². The van der Waals surface area contributed by atoms with Gasteiger partial charge in [0.1, 0.15) is 5.76 Å². The van der Waals surface area contributed by atoms with Crippen molar-refractivity contribution in [3.63, 3.8) is 0 Å². The molecule has 0 aliphatic rings. The molecule has 22 heavy (non-hydrogen) atoms. The van der Waals surface area contributed by atoms with Crippen molar-refractivity contribution < 1.29 is 18.9 Å². The van der Waals surface area contributed by atoms with Crippen molar-refractivity contribution in [2.24, 2.45) is 0 Å². The summed E-state index contributed by atoms with van der Waals surface area (Å²) < 4.78 is 10.3. The number of rotatable bonds is 6. The molecule has 0 radical (unpaired) electrons. The Bertz CT molecular complexity index is 712. The van der Waals surface area contributed by atoms with E-state index >= 15 is 0 Å². The molecule has 7 nitrogen and oxygen atoms in total. The number of non-ortho nitro benzene ring substituents is 1. The number of furan rings is 1. The Kier molecular flexibility index (Phi) is 4.88. The number of nitro groups is 1. The molecule has 0 amide bonds. The molecule has 7 heteroatoms. The molecule has 0 N–H and O–H groups in total. The number of nitrogens with zero attached hydrogens (tertiary/aromatic N) is 2. The van der Waals surface area contributed by atoms with Crippen LogP contribution in [0.15, 0.2) is 40.8 Å². The minimum absolute atomic E-state index is 0.0209. The highest BCUT2D eigenvalue weighted by molar-refractivity contribution is 5.87. The lowest BCUT2D eigenvalue weighted by Crippen LogP contribution is -2.04. The number of nitro benzene ring substituents is 1. The second-order valence-electron chi connectivity index (χ2n) is 4.37. The van der Waals surface area contributed by atoms with Crippen LogP contribution in [0.4, 0.5) is 5.69 Å². The Labute approximate surface area is 125 Å². The van der Waals surface area contributed by atoms with Gasteiger partial charge >= 0.3 is 5.97 Å². The molecule has 0 fully saturated rings. The van der Waals surface area contributed by atoms with Crippen LogP contribution in [0.5, 0.6) is 0 Å². The van der Waals surface area contributed by atoms with Crippen molar-refractivity contribution in [3.8, 4) is 17.4 Å². The predicted octanol–water partition coefficient (Wildman–Crippen LogP) is 3.32. The van der Waals surface area contributed by atoms with E-state index in [9.17, 15) is 14.9 Å². The van der Waals surface area contributed by atoms with E-state index in [1.54, 1.807) is 18.2 Å². The fourth-order valence-corrected chi connectivity index (χ4v) is 1.74. The number of benzene rings is 1. The third-order valence-corrected chi connectivity index (χ3v) is 2.84. The number of hydrogen-bond acceptors (Lipinski definition) is 6. The van der Waals surface area contributed by atoms with E-state index in [1.165, 1.54) is 18.2 Å². The number of carbonyl (C=O) groups is 1. The second-order valence-corrected chi connectivity index (χ2v) is 4.37. The normalized spacial score (nSPS) is 9.95. The summed E-state index contributed by atoms with van der Waals surface area (Å²) in [6.07, 6.45) is 0.789. The maximum absolute atomic E-state index is 11.7. The first-order valence-corrected chi connectivity index (χ1v) is 6.50. The van der Waals surface area contributed by atoms with Crippen LogP contribution in [0.1, 0.15) is 23.4 Å². The van der Waals surface area contributed by atoms with Gasteiger partial charge in [-0.1, -0.05) is 0 Å². The largest absolute Gasteiger partial charge is 0.460 e. The van der Waals surface area contributed by atoms with E-state index in [0.29, 0.717) is 24.2 Å². The average molecular weight is 300 g/mol. The molecule has 2 aromatic rings. The topological polar surface area (TPSA) is 106 Å². The number of ether oxygens (including phenoxy) is 1. The monoisotopic (exact) mass is 300 g/mol. The fraction of sp³-hybridized carbons (Fsp3) is 0.200. The predicted molar refractivity (Wildman–Crippen MR) is 75.9 cm³/mol. The summed E-state index contributed by atoms with van der Waals surface area (Å²) in [6.45, 7) is 0.153. The van der Waals surface area contributed by atoms with Crippen molar-refractivity contribution >= 4 is 11.7 Å². The van der Waals surface area contributed by atoms with Crippen LogP contribution < -0.4 is 0 Å². The number of nitriles is 1. The van der Waals surface area contributed by atoms with E-state index in [0.717, 1.165) is 0 Å². The number of esters is 1. The van der Waals surface area contributed by atoms with Gasteiger partial charge in [0.25, 0.3) is 5.69 Å². The van der Waals surface area contributed by atoms with E-state index in [1.807, 2.05) is 6.07 Å². The molecule has 1 aromatic heterocycles. The lowest BCUT2D eigenvalue weighted by molar-refractivity contribution is -0.384. The van der Waals surface area contributed by atoms with E-state index in [4.69, 9.17) is 14.4 Å². The van der Waals surface area contributed by atoms with Crippen molar-refractivity contribution in [1.82, 2.24) is 0 Å². The molecule has 0 bridgehead atoms. The number of carbonyl (C=O) groups excluding carboxylic acids is 1. The molecule has 1 heterocycles. The first kappa shape index (κ1) is 15.3. The zero-order chi connectivity index (χ0) is 15.9. The molecule has 0 aliphatic carbocycles. The molecule has 0 unspecified atom stereocenters. The first-order valence-electron chi connectivity index (χ1n) is 6.50. The molecule has 2 rings (SSSR count). The summed E-state index contributed by atoms with van der Waals surface area (Å²) >= 11 is 0. The SMILES string of the molecule is N#CCCCOC(=O)c1ccc(-c2ccc([N+](=O)[O-])cc2)o1.